The molecule has 0 saturated carbocycles. The summed E-state index contributed by atoms with van der Waals surface area (Å²) in [6, 6.07) is 10.4. The largest absolute Gasteiger partial charge is 0.459 e. The molecule has 5 nitrogen and oxygen atoms in total. The molecule has 1 aliphatic rings. The van der Waals surface area contributed by atoms with Crippen molar-refractivity contribution in [3.8, 4) is 0 Å². The molecule has 0 radical (unpaired) electrons. The van der Waals surface area contributed by atoms with Gasteiger partial charge in [-0.3, -0.25) is 4.79 Å². The molecule has 1 heterocycles. The van der Waals surface area contributed by atoms with Gasteiger partial charge in [-0.15, -0.1) is 11.6 Å². The number of aryl methyl sites for hydroxylation is 1. The zero-order valence-corrected chi connectivity index (χ0v) is 16.8. The normalized spacial score (nSPS) is 19.6. The third-order valence-electron chi connectivity index (χ3n) is 4.95. The Hall–Kier alpha value is -1.75. The molecule has 27 heavy (non-hydrogen) atoms. The lowest BCUT2D eigenvalue weighted by Gasteiger charge is -2.37. The van der Waals surface area contributed by atoms with Crippen molar-refractivity contribution in [2.24, 2.45) is 5.92 Å². The van der Waals surface area contributed by atoms with Crippen molar-refractivity contribution >= 4 is 23.7 Å². The van der Waals surface area contributed by atoms with E-state index in [2.05, 4.69) is 19.1 Å². The van der Waals surface area contributed by atoms with Gasteiger partial charge in [-0.2, -0.15) is 0 Å². The summed E-state index contributed by atoms with van der Waals surface area (Å²) < 4.78 is 10.8. The zero-order chi connectivity index (χ0) is 19.5. The van der Waals surface area contributed by atoms with Crippen molar-refractivity contribution in [3.63, 3.8) is 0 Å². The summed E-state index contributed by atoms with van der Waals surface area (Å²) in [5.74, 6) is -0.370. The van der Waals surface area contributed by atoms with Crippen LogP contribution < -0.4 is 0 Å². The number of amides is 1. The van der Waals surface area contributed by atoms with Gasteiger partial charge in [-0.05, 0) is 43.6 Å². The molecule has 0 aliphatic carbocycles. The Morgan fingerprint density at radius 3 is 2.70 bits per heavy atom. The number of rotatable bonds is 9. The molecule has 1 aliphatic heterocycles. The first kappa shape index (κ1) is 21.5. The number of esters is 1. The van der Waals surface area contributed by atoms with Crippen LogP contribution in [0.4, 0.5) is 4.79 Å². The van der Waals surface area contributed by atoms with Crippen molar-refractivity contribution in [1.82, 2.24) is 4.90 Å². The second-order valence-electron chi connectivity index (χ2n) is 7.00. The molecule has 150 valence electrons. The van der Waals surface area contributed by atoms with Gasteiger partial charge < -0.3 is 14.4 Å². The molecule has 2 atom stereocenters. The molecular formula is C21H30ClNO4. The van der Waals surface area contributed by atoms with Gasteiger partial charge in [0.25, 0.3) is 0 Å². The molecule has 0 spiro atoms. The van der Waals surface area contributed by atoms with E-state index >= 15 is 0 Å². The molecule has 6 heteroatoms. The minimum absolute atomic E-state index is 0.172. The molecule has 0 N–H and O–H groups in total. The Morgan fingerprint density at radius 2 is 2.00 bits per heavy atom. The van der Waals surface area contributed by atoms with Crippen LogP contribution in [-0.2, 0) is 20.7 Å². The van der Waals surface area contributed by atoms with Crippen molar-refractivity contribution in [3.05, 3.63) is 35.9 Å². The summed E-state index contributed by atoms with van der Waals surface area (Å²) in [5.41, 5.74) is 1.31. The van der Waals surface area contributed by atoms with Crippen LogP contribution in [0.2, 0.25) is 0 Å². The maximum absolute atomic E-state index is 12.2. The van der Waals surface area contributed by atoms with Gasteiger partial charge in [0.2, 0.25) is 0 Å². The topological polar surface area (TPSA) is 55.8 Å². The van der Waals surface area contributed by atoms with Crippen molar-refractivity contribution in [1.29, 1.82) is 0 Å². The van der Waals surface area contributed by atoms with Gasteiger partial charge in [-0.25, -0.2) is 4.79 Å². The number of halogens is 1. The minimum Gasteiger partial charge on any atom is -0.459 e. The van der Waals surface area contributed by atoms with E-state index in [0.717, 1.165) is 38.5 Å². The standard InChI is InChI=1S/C21H30ClNO4/c1-2-3-14-26-21(25)23-13-12-18(19(16-23)27-20(24)15-22)11-7-10-17-8-5-4-6-9-17/h4-6,8-9,18-19H,2-3,7,10-16H2,1H3/t18-,19+/m1/s1. The van der Waals surface area contributed by atoms with Crippen LogP contribution in [0.1, 0.15) is 44.6 Å². The number of unbranched alkanes of at least 4 members (excludes halogenated alkanes) is 1. The maximum Gasteiger partial charge on any atom is 0.409 e. The van der Waals surface area contributed by atoms with Crippen LogP contribution in [0.3, 0.4) is 0 Å². The average molecular weight is 396 g/mol. The predicted octanol–water partition coefficient (Wildman–Crippen LogP) is 4.42. The molecule has 1 fully saturated rings. The van der Waals surface area contributed by atoms with Gasteiger partial charge in [0, 0.05) is 6.54 Å². The molecular weight excluding hydrogens is 366 g/mol. The lowest BCUT2D eigenvalue weighted by molar-refractivity contribution is -0.152. The molecule has 2 rings (SSSR count). The summed E-state index contributed by atoms with van der Waals surface area (Å²) in [4.78, 5) is 25.6. The molecule has 0 unspecified atom stereocenters. The van der Waals surface area contributed by atoms with Crippen LogP contribution >= 0.6 is 11.6 Å². The Balaban J connectivity index is 1.87. The van der Waals surface area contributed by atoms with Gasteiger partial charge in [0.05, 0.1) is 13.2 Å². The van der Waals surface area contributed by atoms with Crippen molar-refractivity contribution in [2.75, 3.05) is 25.6 Å². The fourth-order valence-corrected chi connectivity index (χ4v) is 3.47. The van der Waals surface area contributed by atoms with E-state index in [9.17, 15) is 9.59 Å². The Bertz CT molecular complexity index is 581. The number of hydrogen-bond acceptors (Lipinski definition) is 4. The number of likely N-dealkylation sites (tertiary alicyclic amines) is 1. The molecule has 1 aromatic rings. The van der Waals surface area contributed by atoms with Crippen LogP contribution in [0.15, 0.2) is 30.3 Å². The number of alkyl halides is 1. The molecule has 0 aromatic heterocycles. The molecule has 0 bridgehead atoms. The van der Waals surface area contributed by atoms with E-state index in [1.807, 2.05) is 18.2 Å². The summed E-state index contributed by atoms with van der Waals surface area (Å²) in [7, 11) is 0. The smallest absolute Gasteiger partial charge is 0.409 e. The van der Waals surface area contributed by atoms with E-state index in [1.54, 1.807) is 4.90 Å². The third kappa shape index (κ3) is 7.41. The number of carbonyl (C=O) groups is 2. The highest BCUT2D eigenvalue weighted by molar-refractivity contribution is 6.26. The number of ether oxygens (including phenoxy) is 2. The fourth-order valence-electron chi connectivity index (χ4n) is 3.40. The summed E-state index contributed by atoms with van der Waals surface area (Å²) in [5, 5.41) is 0. The van der Waals surface area contributed by atoms with Crippen LogP contribution in [0.25, 0.3) is 0 Å². The lowest BCUT2D eigenvalue weighted by atomic mass is 9.88. The summed E-state index contributed by atoms with van der Waals surface area (Å²) >= 11 is 5.61. The minimum atomic E-state index is -0.434. The summed E-state index contributed by atoms with van der Waals surface area (Å²) in [6.07, 6.45) is 4.96. The highest BCUT2D eigenvalue weighted by atomic mass is 35.5. The van der Waals surface area contributed by atoms with E-state index < -0.39 is 5.97 Å². The summed E-state index contributed by atoms with van der Waals surface area (Å²) in [6.45, 7) is 3.49. The monoisotopic (exact) mass is 395 g/mol. The van der Waals surface area contributed by atoms with Gasteiger partial charge >= 0.3 is 12.1 Å². The van der Waals surface area contributed by atoms with E-state index in [-0.39, 0.29) is 24.0 Å². The first-order valence-electron chi connectivity index (χ1n) is 9.85. The van der Waals surface area contributed by atoms with E-state index in [0.29, 0.717) is 19.7 Å². The van der Waals surface area contributed by atoms with E-state index in [4.69, 9.17) is 21.1 Å². The number of carbonyl (C=O) groups excluding carboxylic acids is 2. The van der Waals surface area contributed by atoms with Crippen molar-refractivity contribution < 1.29 is 19.1 Å². The van der Waals surface area contributed by atoms with Gasteiger partial charge in [0.1, 0.15) is 12.0 Å². The number of benzene rings is 1. The second-order valence-corrected chi connectivity index (χ2v) is 7.27. The second kappa shape index (κ2) is 11.9. The zero-order valence-electron chi connectivity index (χ0n) is 16.1. The lowest BCUT2D eigenvalue weighted by Crippen LogP contribution is -2.48. The number of hydrogen-bond donors (Lipinski definition) is 0. The van der Waals surface area contributed by atoms with Crippen molar-refractivity contribution in [2.45, 2.75) is 51.6 Å². The highest BCUT2D eigenvalue weighted by Gasteiger charge is 2.34. The van der Waals surface area contributed by atoms with Crippen LogP contribution in [-0.4, -0.2) is 48.6 Å². The first-order chi connectivity index (χ1) is 13.1. The van der Waals surface area contributed by atoms with Crippen LogP contribution in [0, 0.1) is 5.92 Å². The molecule has 1 saturated heterocycles. The Kier molecular flexibility index (Phi) is 9.46. The van der Waals surface area contributed by atoms with Crippen LogP contribution in [0.5, 0.6) is 0 Å². The maximum atomic E-state index is 12.2. The Morgan fingerprint density at radius 1 is 1.22 bits per heavy atom. The number of piperidine rings is 1. The molecule has 1 aromatic carbocycles. The fraction of sp³-hybridized carbons (Fsp3) is 0.619. The van der Waals surface area contributed by atoms with Gasteiger partial charge in [-0.1, -0.05) is 43.7 Å². The van der Waals surface area contributed by atoms with E-state index in [1.165, 1.54) is 5.56 Å². The molecule has 1 amide bonds. The quantitative estimate of drug-likeness (QED) is 0.353. The first-order valence-corrected chi connectivity index (χ1v) is 10.4. The van der Waals surface area contributed by atoms with Gasteiger partial charge in [0.15, 0.2) is 0 Å². The highest BCUT2D eigenvalue weighted by Crippen LogP contribution is 2.26. The number of nitrogens with zero attached hydrogens (tertiary/aromatic N) is 1. The predicted molar refractivity (Wildman–Crippen MR) is 106 cm³/mol. The SMILES string of the molecule is CCCCOC(=O)N1CC[C@@H](CCCc2ccccc2)[C@@H](OC(=O)CCl)C1. The third-order valence-corrected chi connectivity index (χ3v) is 5.17. The Labute approximate surface area is 167 Å². The average Bonchev–Trinajstić information content (AvgIpc) is 2.69.